The lowest BCUT2D eigenvalue weighted by atomic mass is 10.1. The van der Waals surface area contributed by atoms with Gasteiger partial charge in [-0.1, -0.05) is 18.3 Å². The summed E-state index contributed by atoms with van der Waals surface area (Å²) in [6.07, 6.45) is 3.82. The van der Waals surface area contributed by atoms with Gasteiger partial charge in [0.15, 0.2) is 0 Å². The molecule has 2 heterocycles. The van der Waals surface area contributed by atoms with Crippen molar-refractivity contribution in [2.24, 2.45) is 5.73 Å². The van der Waals surface area contributed by atoms with Gasteiger partial charge in [0.1, 0.15) is 10.8 Å². The second-order valence-electron chi connectivity index (χ2n) is 3.79. The van der Waals surface area contributed by atoms with E-state index in [1.807, 2.05) is 18.2 Å². The molecule has 0 radical (unpaired) electrons. The van der Waals surface area contributed by atoms with Crippen LogP contribution in [0.2, 0.25) is 0 Å². The van der Waals surface area contributed by atoms with Crippen LogP contribution in [0.15, 0.2) is 18.2 Å². The Hall–Kier alpha value is -1.16. The Balaban J connectivity index is 2.19. The molecule has 1 saturated heterocycles. The highest BCUT2D eigenvalue weighted by Gasteiger charge is 2.12. The van der Waals surface area contributed by atoms with E-state index in [0.29, 0.717) is 10.7 Å². The van der Waals surface area contributed by atoms with Crippen LogP contribution in [0.25, 0.3) is 0 Å². The summed E-state index contributed by atoms with van der Waals surface area (Å²) in [5.41, 5.74) is 6.28. The maximum absolute atomic E-state index is 5.56. The minimum atomic E-state index is 0.369. The Kier molecular flexibility index (Phi) is 3.16. The normalized spacial score (nSPS) is 16.4. The molecule has 2 N–H and O–H groups in total. The number of aromatic nitrogens is 1. The molecule has 0 unspecified atom stereocenters. The van der Waals surface area contributed by atoms with Gasteiger partial charge in [-0.05, 0) is 31.4 Å². The van der Waals surface area contributed by atoms with Crippen LogP contribution in [0, 0.1) is 0 Å². The third-order valence-electron chi connectivity index (χ3n) is 2.67. The van der Waals surface area contributed by atoms with Gasteiger partial charge < -0.3 is 10.6 Å². The molecule has 0 aliphatic carbocycles. The van der Waals surface area contributed by atoms with Crippen LogP contribution in [0.3, 0.4) is 0 Å². The highest BCUT2D eigenvalue weighted by molar-refractivity contribution is 7.80. The molecule has 4 heteroatoms. The lowest BCUT2D eigenvalue weighted by Crippen LogP contribution is -2.30. The summed E-state index contributed by atoms with van der Waals surface area (Å²) >= 11 is 4.92. The third kappa shape index (κ3) is 2.45. The fourth-order valence-corrected chi connectivity index (χ4v) is 1.97. The quantitative estimate of drug-likeness (QED) is 0.772. The molecule has 1 fully saturated rings. The molecule has 0 saturated carbocycles. The topological polar surface area (TPSA) is 42.1 Å². The summed E-state index contributed by atoms with van der Waals surface area (Å²) in [4.78, 5) is 7.12. The average molecular weight is 221 g/mol. The summed E-state index contributed by atoms with van der Waals surface area (Å²) in [5.74, 6) is 1.00. The number of nitrogens with zero attached hydrogens (tertiary/aromatic N) is 2. The maximum Gasteiger partial charge on any atom is 0.129 e. The van der Waals surface area contributed by atoms with E-state index >= 15 is 0 Å². The second kappa shape index (κ2) is 4.57. The van der Waals surface area contributed by atoms with Crippen molar-refractivity contribution in [3.05, 3.63) is 23.9 Å². The second-order valence-corrected chi connectivity index (χ2v) is 4.23. The molecule has 2 rings (SSSR count). The number of hydrogen-bond acceptors (Lipinski definition) is 3. The van der Waals surface area contributed by atoms with Gasteiger partial charge in [0.05, 0.1) is 5.69 Å². The molecule has 80 valence electrons. The van der Waals surface area contributed by atoms with Gasteiger partial charge in [-0.3, -0.25) is 0 Å². The van der Waals surface area contributed by atoms with Gasteiger partial charge in [-0.15, -0.1) is 0 Å². The van der Waals surface area contributed by atoms with Crippen LogP contribution in [-0.2, 0) is 0 Å². The van der Waals surface area contributed by atoms with E-state index in [2.05, 4.69) is 9.88 Å². The largest absolute Gasteiger partial charge is 0.388 e. The molecule has 0 amide bonds. The molecule has 1 aromatic heterocycles. The third-order valence-corrected chi connectivity index (χ3v) is 2.88. The van der Waals surface area contributed by atoms with Crippen LogP contribution in [-0.4, -0.2) is 23.1 Å². The molecule has 0 spiro atoms. The van der Waals surface area contributed by atoms with Crippen LogP contribution < -0.4 is 10.6 Å². The van der Waals surface area contributed by atoms with E-state index in [1.165, 1.54) is 19.3 Å². The number of thiocarbonyl (C=S) groups is 1. The Morgan fingerprint density at radius 3 is 2.67 bits per heavy atom. The summed E-state index contributed by atoms with van der Waals surface area (Å²) in [5, 5.41) is 0. The van der Waals surface area contributed by atoms with Crippen molar-refractivity contribution < 1.29 is 0 Å². The van der Waals surface area contributed by atoms with E-state index in [1.54, 1.807) is 0 Å². The van der Waals surface area contributed by atoms with Gasteiger partial charge in [0, 0.05) is 13.1 Å². The number of rotatable bonds is 2. The number of anilines is 1. The Morgan fingerprint density at radius 1 is 1.27 bits per heavy atom. The number of piperidine rings is 1. The van der Waals surface area contributed by atoms with Crippen molar-refractivity contribution >= 4 is 23.0 Å². The molecule has 1 aromatic rings. The highest BCUT2D eigenvalue weighted by Crippen LogP contribution is 2.17. The van der Waals surface area contributed by atoms with Crippen LogP contribution in [0.4, 0.5) is 5.82 Å². The lowest BCUT2D eigenvalue weighted by molar-refractivity contribution is 0.573. The first-order valence-corrected chi connectivity index (χ1v) is 5.70. The van der Waals surface area contributed by atoms with Crippen LogP contribution in [0.1, 0.15) is 25.0 Å². The Labute approximate surface area is 95.3 Å². The van der Waals surface area contributed by atoms with Crippen LogP contribution >= 0.6 is 12.2 Å². The number of pyridine rings is 1. The standard InChI is InChI=1S/C11H15N3S/c12-11(15)9-5-4-6-10(13-9)14-7-2-1-3-8-14/h4-6H,1-3,7-8H2,(H2,12,15). The van der Waals surface area contributed by atoms with Crippen molar-refractivity contribution in [2.75, 3.05) is 18.0 Å². The molecule has 0 bridgehead atoms. The number of nitrogens with two attached hydrogens (primary N) is 1. The zero-order valence-corrected chi connectivity index (χ0v) is 9.46. The van der Waals surface area contributed by atoms with Crippen molar-refractivity contribution in [3.8, 4) is 0 Å². The molecule has 1 aliphatic rings. The first-order chi connectivity index (χ1) is 7.27. The van der Waals surface area contributed by atoms with Crippen LogP contribution in [0.5, 0.6) is 0 Å². The fraction of sp³-hybridized carbons (Fsp3) is 0.455. The van der Waals surface area contributed by atoms with Crippen molar-refractivity contribution in [2.45, 2.75) is 19.3 Å². The predicted octanol–water partition coefficient (Wildman–Crippen LogP) is 1.71. The summed E-state index contributed by atoms with van der Waals surface area (Å²) in [6, 6.07) is 5.84. The van der Waals surface area contributed by atoms with E-state index in [9.17, 15) is 0 Å². The molecule has 0 aromatic carbocycles. The summed E-state index contributed by atoms with van der Waals surface area (Å²) < 4.78 is 0. The van der Waals surface area contributed by atoms with E-state index in [-0.39, 0.29) is 0 Å². The maximum atomic E-state index is 5.56. The predicted molar refractivity (Wildman–Crippen MR) is 66.2 cm³/mol. The molecule has 1 aliphatic heterocycles. The lowest BCUT2D eigenvalue weighted by Gasteiger charge is -2.27. The van der Waals surface area contributed by atoms with E-state index in [4.69, 9.17) is 18.0 Å². The van der Waals surface area contributed by atoms with Gasteiger partial charge in [0.2, 0.25) is 0 Å². The Bertz CT molecular complexity index is 359. The molecule has 15 heavy (non-hydrogen) atoms. The zero-order chi connectivity index (χ0) is 10.7. The highest BCUT2D eigenvalue weighted by atomic mass is 32.1. The first kappa shape index (κ1) is 10.4. The number of hydrogen-bond donors (Lipinski definition) is 1. The smallest absolute Gasteiger partial charge is 0.129 e. The van der Waals surface area contributed by atoms with E-state index in [0.717, 1.165) is 18.9 Å². The SMILES string of the molecule is NC(=S)c1cccc(N2CCCCC2)n1. The van der Waals surface area contributed by atoms with Crippen molar-refractivity contribution in [1.82, 2.24) is 4.98 Å². The van der Waals surface area contributed by atoms with Crippen molar-refractivity contribution in [3.63, 3.8) is 0 Å². The molecule has 3 nitrogen and oxygen atoms in total. The Morgan fingerprint density at radius 2 is 2.00 bits per heavy atom. The summed E-state index contributed by atoms with van der Waals surface area (Å²) in [7, 11) is 0. The van der Waals surface area contributed by atoms with Gasteiger partial charge in [-0.25, -0.2) is 4.98 Å². The molecular weight excluding hydrogens is 206 g/mol. The first-order valence-electron chi connectivity index (χ1n) is 5.29. The van der Waals surface area contributed by atoms with Gasteiger partial charge in [0.25, 0.3) is 0 Å². The molecule has 0 atom stereocenters. The van der Waals surface area contributed by atoms with Gasteiger partial charge in [-0.2, -0.15) is 0 Å². The monoisotopic (exact) mass is 221 g/mol. The van der Waals surface area contributed by atoms with E-state index < -0.39 is 0 Å². The zero-order valence-electron chi connectivity index (χ0n) is 8.65. The van der Waals surface area contributed by atoms with Crippen molar-refractivity contribution in [1.29, 1.82) is 0 Å². The summed E-state index contributed by atoms with van der Waals surface area (Å²) in [6.45, 7) is 2.18. The van der Waals surface area contributed by atoms with Gasteiger partial charge >= 0.3 is 0 Å². The minimum absolute atomic E-state index is 0.369. The molecular formula is C11H15N3S. The fourth-order valence-electron chi connectivity index (χ4n) is 1.86. The minimum Gasteiger partial charge on any atom is -0.388 e. The average Bonchev–Trinajstić information content (AvgIpc) is 2.30.